The van der Waals surface area contributed by atoms with Gasteiger partial charge in [-0.1, -0.05) is 123 Å². The number of carboxylic acids is 1. The highest BCUT2D eigenvalue weighted by Crippen LogP contribution is 2.15. The summed E-state index contributed by atoms with van der Waals surface area (Å²) in [5.41, 5.74) is 0. The number of carboxylic acid groups (broad SMARTS) is 1. The fraction of sp³-hybridized carbons (Fsp3) is 0.923. The molecule has 1 amide bonds. The van der Waals surface area contributed by atoms with E-state index >= 15 is 0 Å². The summed E-state index contributed by atoms with van der Waals surface area (Å²) < 4.78 is 0. The molecule has 0 rings (SSSR count). The molecule has 1 N–H and O–H groups in total. The summed E-state index contributed by atoms with van der Waals surface area (Å²) in [5.74, 6) is -0.896. The van der Waals surface area contributed by atoms with Crippen LogP contribution in [0, 0.1) is 0 Å². The Kier molecular flexibility index (Phi) is 20.4. The molecule has 0 aliphatic carbocycles. The lowest BCUT2D eigenvalue weighted by molar-refractivity contribution is -0.149. The number of hydrogen-bond acceptors (Lipinski definition) is 2. The van der Waals surface area contributed by atoms with Gasteiger partial charge in [-0.25, -0.2) is 4.79 Å². The lowest BCUT2D eigenvalue weighted by atomic mass is 10.0. The van der Waals surface area contributed by atoms with Crippen molar-refractivity contribution in [2.45, 2.75) is 148 Å². The first-order valence-corrected chi connectivity index (χ1v) is 13.0. The van der Waals surface area contributed by atoms with E-state index in [4.69, 9.17) is 0 Å². The molecule has 0 aromatic heterocycles. The third kappa shape index (κ3) is 16.7. The molecule has 1 atom stereocenters. The Morgan fingerprint density at radius 2 is 1.00 bits per heavy atom. The largest absolute Gasteiger partial charge is 0.480 e. The van der Waals surface area contributed by atoms with E-state index in [1.165, 1.54) is 88.4 Å². The maximum absolute atomic E-state index is 12.3. The molecule has 0 saturated heterocycles. The number of amides is 1. The van der Waals surface area contributed by atoms with Crippen LogP contribution in [0.25, 0.3) is 0 Å². The van der Waals surface area contributed by atoms with Crippen molar-refractivity contribution in [2.75, 3.05) is 7.05 Å². The van der Waals surface area contributed by atoms with Crippen LogP contribution in [-0.2, 0) is 9.59 Å². The first kappa shape index (κ1) is 28.9. The molecule has 0 aromatic carbocycles. The monoisotopic (exact) mass is 425 g/mol. The van der Waals surface area contributed by atoms with Crippen molar-refractivity contribution in [2.24, 2.45) is 0 Å². The summed E-state index contributed by atoms with van der Waals surface area (Å²) in [7, 11) is 1.65. The molecule has 0 bridgehead atoms. The second-order valence-corrected chi connectivity index (χ2v) is 9.05. The highest BCUT2D eigenvalue weighted by Gasteiger charge is 2.25. The van der Waals surface area contributed by atoms with Crippen LogP contribution < -0.4 is 0 Å². The second kappa shape index (κ2) is 21.2. The number of rotatable bonds is 22. The van der Waals surface area contributed by atoms with Crippen LogP contribution >= 0.6 is 0 Å². The van der Waals surface area contributed by atoms with E-state index in [0.717, 1.165) is 32.1 Å². The first-order chi connectivity index (χ1) is 14.5. The minimum absolute atomic E-state index is 0.0198. The van der Waals surface area contributed by atoms with Crippen molar-refractivity contribution in [1.29, 1.82) is 0 Å². The second-order valence-electron chi connectivity index (χ2n) is 9.05. The van der Waals surface area contributed by atoms with Gasteiger partial charge in [0.15, 0.2) is 0 Å². The Morgan fingerprint density at radius 1 is 0.633 bits per heavy atom. The van der Waals surface area contributed by atoms with Gasteiger partial charge in [0.25, 0.3) is 0 Å². The van der Waals surface area contributed by atoms with E-state index in [-0.39, 0.29) is 5.91 Å². The standard InChI is InChI=1S/C26H51NO3/c1-4-6-8-9-10-11-12-13-14-15-16-17-18-19-21-23-25(28)27(3)24(26(29)30)22-20-7-5-2/h24H,4-23H2,1-3H3,(H,29,30). The molecule has 0 fully saturated rings. The quantitative estimate of drug-likeness (QED) is 0.180. The maximum Gasteiger partial charge on any atom is 0.326 e. The van der Waals surface area contributed by atoms with Crippen LogP contribution in [0.15, 0.2) is 0 Å². The van der Waals surface area contributed by atoms with E-state index < -0.39 is 12.0 Å². The number of unbranched alkanes of at least 4 members (excludes halogenated alkanes) is 16. The van der Waals surface area contributed by atoms with Crippen LogP contribution in [0.2, 0.25) is 0 Å². The Bertz CT molecular complexity index is 411. The van der Waals surface area contributed by atoms with Crippen LogP contribution in [0.5, 0.6) is 0 Å². The van der Waals surface area contributed by atoms with Gasteiger partial charge >= 0.3 is 5.97 Å². The third-order valence-corrected chi connectivity index (χ3v) is 6.22. The topological polar surface area (TPSA) is 57.6 Å². The van der Waals surface area contributed by atoms with Crippen molar-refractivity contribution < 1.29 is 14.7 Å². The van der Waals surface area contributed by atoms with E-state index in [1.54, 1.807) is 7.05 Å². The Hall–Kier alpha value is -1.06. The highest BCUT2D eigenvalue weighted by molar-refractivity contribution is 5.83. The van der Waals surface area contributed by atoms with Crippen LogP contribution in [0.1, 0.15) is 142 Å². The minimum Gasteiger partial charge on any atom is -0.480 e. The van der Waals surface area contributed by atoms with Gasteiger partial charge in [-0.2, -0.15) is 0 Å². The van der Waals surface area contributed by atoms with E-state index in [9.17, 15) is 14.7 Å². The van der Waals surface area contributed by atoms with E-state index in [1.807, 2.05) is 0 Å². The van der Waals surface area contributed by atoms with Gasteiger partial charge in [0.2, 0.25) is 5.91 Å². The summed E-state index contributed by atoms with van der Waals surface area (Å²) in [5, 5.41) is 9.40. The Balaban J connectivity index is 3.58. The molecule has 0 radical (unpaired) electrons. The number of carbonyl (C=O) groups excluding carboxylic acids is 1. The Labute approximate surface area is 187 Å². The van der Waals surface area contributed by atoms with Gasteiger partial charge in [-0.15, -0.1) is 0 Å². The molecular weight excluding hydrogens is 374 g/mol. The summed E-state index contributed by atoms with van der Waals surface area (Å²) >= 11 is 0. The van der Waals surface area contributed by atoms with E-state index in [2.05, 4.69) is 13.8 Å². The third-order valence-electron chi connectivity index (χ3n) is 6.22. The predicted molar refractivity (Wildman–Crippen MR) is 128 cm³/mol. The van der Waals surface area contributed by atoms with Crippen LogP contribution in [-0.4, -0.2) is 35.0 Å². The van der Waals surface area contributed by atoms with Crippen molar-refractivity contribution in [3.05, 3.63) is 0 Å². The molecular formula is C26H51NO3. The summed E-state index contributed by atoms with van der Waals surface area (Å²) in [4.78, 5) is 25.2. The molecule has 0 spiro atoms. The van der Waals surface area contributed by atoms with Gasteiger partial charge in [0.05, 0.1) is 0 Å². The normalized spacial score (nSPS) is 12.1. The molecule has 4 heteroatoms. The highest BCUT2D eigenvalue weighted by atomic mass is 16.4. The molecule has 0 heterocycles. The Morgan fingerprint density at radius 3 is 1.40 bits per heavy atom. The zero-order valence-corrected chi connectivity index (χ0v) is 20.4. The van der Waals surface area contributed by atoms with Crippen LogP contribution in [0.3, 0.4) is 0 Å². The molecule has 0 aliphatic heterocycles. The fourth-order valence-electron chi connectivity index (χ4n) is 4.07. The number of aliphatic carboxylic acids is 1. The molecule has 30 heavy (non-hydrogen) atoms. The molecule has 0 aromatic rings. The zero-order chi connectivity index (χ0) is 22.5. The van der Waals surface area contributed by atoms with Gasteiger partial charge in [-0.3, -0.25) is 4.79 Å². The zero-order valence-electron chi connectivity index (χ0n) is 20.4. The lowest BCUT2D eigenvalue weighted by Crippen LogP contribution is -2.42. The summed E-state index contributed by atoms with van der Waals surface area (Å²) in [6.45, 7) is 4.37. The van der Waals surface area contributed by atoms with E-state index in [0.29, 0.717) is 12.8 Å². The smallest absolute Gasteiger partial charge is 0.326 e. The van der Waals surface area contributed by atoms with Gasteiger partial charge in [0.1, 0.15) is 6.04 Å². The number of hydrogen-bond donors (Lipinski definition) is 1. The average molecular weight is 426 g/mol. The molecule has 178 valence electrons. The minimum atomic E-state index is -0.876. The van der Waals surface area contributed by atoms with Crippen molar-refractivity contribution >= 4 is 11.9 Å². The summed E-state index contributed by atoms with van der Waals surface area (Å²) in [6.07, 6.45) is 23.6. The van der Waals surface area contributed by atoms with Crippen molar-refractivity contribution in [1.82, 2.24) is 4.90 Å². The van der Waals surface area contributed by atoms with Gasteiger partial charge in [0, 0.05) is 13.5 Å². The number of nitrogens with zero attached hydrogens (tertiary/aromatic N) is 1. The number of carbonyl (C=O) groups is 2. The van der Waals surface area contributed by atoms with Crippen molar-refractivity contribution in [3.8, 4) is 0 Å². The predicted octanol–water partition coefficient (Wildman–Crippen LogP) is 7.74. The lowest BCUT2D eigenvalue weighted by Gasteiger charge is -2.25. The number of likely N-dealkylation sites (N-methyl/N-ethyl adjacent to an activating group) is 1. The molecule has 0 saturated carbocycles. The summed E-state index contributed by atoms with van der Waals surface area (Å²) in [6, 6.07) is -0.666. The molecule has 1 unspecified atom stereocenters. The fourth-order valence-corrected chi connectivity index (χ4v) is 4.07. The van der Waals surface area contributed by atoms with Gasteiger partial charge < -0.3 is 10.0 Å². The average Bonchev–Trinajstić information content (AvgIpc) is 2.73. The SMILES string of the molecule is CCCCCCCCCCCCCCCCCC(=O)N(C)C(CCCCC)C(=O)O. The molecule has 4 nitrogen and oxygen atoms in total. The molecule has 0 aliphatic rings. The van der Waals surface area contributed by atoms with Gasteiger partial charge in [-0.05, 0) is 12.8 Å². The van der Waals surface area contributed by atoms with Crippen molar-refractivity contribution in [3.63, 3.8) is 0 Å². The van der Waals surface area contributed by atoms with Crippen LogP contribution in [0.4, 0.5) is 0 Å². The first-order valence-electron chi connectivity index (χ1n) is 13.0. The maximum atomic E-state index is 12.3.